The predicted molar refractivity (Wildman–Crippen MR) is 130 cm³/mol. The Labute approximate surface area is 180 Å². The van der Waals surface area contributed by atoms with E-state index in [2.05, 4.69) is 123 Å². The summed E-state index contributed by atoms with van der Waals surface area (Å²) in [6.07, 6.45) is 22.8. The van der Waals surface area contributed by atoms with E-state index in [1.807, 2.05) is 0 Å². The van der Waals surface area contributed by atoms with Crippen LogP contribution in [0.15, 0.2) is 114 Å². The van der Waals surface area contributed by atoms with Gasteiger partial charge in [0.15, 0.2) is 0 Å². The number of nitrogens with zero attached hydrogens (tertiary/aromatic N) is 1. The van der Waals surface area contributed by atoms with Gasteiger partial charge in [-0.3, -0.25) is 0 Å². The Balaban J connectivity index is 1.64. The summed E-state index contributed by atoms with van der Waals surface area (Å²) in [5.41, 5.74) is 5.27. The summed E-state index contributed by atoms with van der Waals surface area (Å²) in [5, 5.41) is 2.56. The van der Waals surface area contributed by atoms with Crippen LogP contribution < -0.4 is 4.90 Å². The first-order chi connectivity index (χ1) is 14.5. The summed E-state index contributed by atoms with van der Waals surface area (Å²) in [6.45, 7) is 6.87. The second kappa shape index (κ2) is 7.02. The Morgan fingerprint density at radius 2 is 1.67 bits per heavy atom. The Hall–Kier alpha value is -3.06. The Morgan fingerprint density at radius 1 is 0.833 bits per heavy atom. The summed E-state index contributed by atoms with van der Waals surface area (Å²) in [5.74, 6) is 0. The highest BCUT2D eigenvalue weighted by atomic mass is 15.2. The van der Waals surface area contributed by atoms with Crippen molar-refractivity contribution in [3.8, 4) is 0 Å². The van der Waals surface area contributed by atoms with E-state index in [9.17, 15) is 0 Å². The van der Waals surface area contributed by atoms with E-state index < -0.39 is 0 Å². The van der Waals surface area contributed by atoms with Crippen LogP contribution in [0, 0.1) is 5.41 Å². The van der Waals surface area contributed by atoms with Gasteiger partial charge < -0.3 is 4.90 Å². The quantitative estimate of drug-likeness (QED) is 0.519. The smallest absolute Gasteiger partial charge is 0.0642 e. The van der Waals surface area contributed by atoms with Gasteiger partial charge in [0.2, 0.25) is 0 Å². The first-order valence-electron chi connectivity index (χ1n) is 10.9. The van der Waals surface area contributed by atoms with Crippen LogP contribution in [-0.2, 0) is 0 Å². The number of benzene rings is 2. The molecule has 0 saturated heterocycles. The van der Waals surface area contributed by atoms with Crippen LogP contribution in [0.2, 0.25) is 0 Å². The average Bonchev–Trinajstić information content (AvgIpc) is 2.76. The van der Waals surface area contributed by atoms with Crippen molar-refractivity contribution >= 4 is 16.5 Å². The normalized spacial score (nSPS) is 27.4. The van der Waals surface area contributed by atoms with Gasteiger partial charge in [-0.2, -0.15) is 0 Å². The third kappa shape index (κ3) is 3.19. The maximum Gasteiger partial charge on any atom is 0.0642 e. The van der Waals surface area contributed by atoms with Gasteiger partial charge in [-0.1, -0.05) is 91.4 Å². The zero-order valence-electron chi connectivity index (χ0n) is 18.1. The highest BCUT2D eigenvalue weighted by Gasteiger charge is 2.35. The molecular formula is C29H29N. The molecule has 3 aliphatic carbocycles. The van der Waals surface area contributed by atoms with Crippen LogP contribution in [0.3, 0.4) is 0 Å². The largest absolute Gasteiger partial charge is 0.332 e. The van der Waals surface area contributed by atoms with Crippen LogP contribution >= 0.6 is 0 Å². The number of hydrogen-bond acceptors (Lipinski definition) is 1. The van der Waals surface area contributed by atoms with Gasteiger partial charge in [0.25, 0.3) is 0 Å². The third-order valence-electron chi connectivity index (χ3n) is 6.85. The number of allylic oxidation sites excluding steroid dienone is 9. The summed E-state index contributed by atoms with van der Waals surface area (Å²) in [7, 11) is 0. The zero-order chi connectivity index (χ0) is 20.8. The van der Waals surface area contributed by atoms with Gasteiger partial charge in [0, 0.05) is 16.8 Å². The molecule has 0 aromatic heterocycles. The van der Waals surface area contributed by atoms with Gasteiger partial charge in [0.1, 0.15) is 0 Å². The molecule has 2 aromatic rings. The molecule has 150 valence electrons. The van der Waals surface area contributed by atoms with Gasteiger partial charge in [-0.05, 0) is 61.2 Å². The van der Waals surface area contributed by atoms with Gasteiger partial charge in [-0.25, -0.2) is 0 Å². The lowest BCUT2D eigenvalue weighted by atomic mass is 9.73. The molecule has 0 N–H and O–H groups in total. The molecule has 3 aliphatic rings. The van der Waals surface area contributed by atoms with Crippen molar-refractivity contribution < 1.29 is 0 Å². The minimum Gasteiger partial charge on any atom is -0.332 e. The van der Waals surface area contributed by atoms with E-state index in [1.54, 1.807) is 0 Å². The Morgan fingerprint density at radius 3 is 2.47 bits per heavy atom. The molecule has 2 atom stereocenters. The molecular weight excluding hydrogens is 362 g/mol. The van der Waals surface area contributed by atoms with Gasteiger partial charge in [0.05, 0.1) is 5.54 Å². The SMILES string of the molecule is CC1=CCC(C)(N(C2=CCC3(C)C=CC=CC3=C2)c2ccc3ccccc3c2)C=C1. The zero-order valence-corrected chi connectivity index (χ0v) is 18.1. The van der Waals surface area contributed by atoms with Crippen molar-refractivity contribution in [2.75, 3.05) is 4.90 Å². The maximum atomic E-state index is 2.54. The minimum absolute atomic E-state index is 0.104. The second-order valence-electron chi connectivity index (χ2n) is 9.28. The van der Waals surface area contributed by atoms with Crippen molar-refractivity contribution in [1.29, 1.82) is 0 Å². The number of anilines is 1. The first kappa shape index (κ1) is 18.9. The van der Waals surface area contributed by atoms with Gasteiger partial charge in [-0.15, -0.1) is 0 Å². The fourth-order valence-corrected chi connectivity index (χ4v) is 4.84. The molecule has 1 heteroatoms. The molecule has 30 heavy (non-hydrogen) atoms. The van der Waals surface area contributed by atoms with Crippen molar-refractivity contribution in [3.63, 3.8) is 0 Å². The maximum absolute atomic E-state index is 2.54. The Bertz CT molecular complexity index is 1190. The van der Waals surface area contributed by atoms with Crippen LogP contribution in [0.5, 0.6) is 0 Å². The van der Waals surface area contributed by atoms with Crippen LogP contribution in [0.1, 0.15) is 33.6 Å². The molecule has 0 bridgehead atoms. The van der Waals surface area contributed by atoms with E-state index in [0.717, 1.165) is 12.8 Å². The average molecular weight is 392 g/mol. The second-order valence-corrected chi connectivity index (χ2v) is 9.28. The van der Waals surface area contributed by atoms with Crippen LogP contribution in [-0.4, -0.2) is 5.54 Å². The van der Waals surface area contributed by atoms with Crippen molar-refractivity contribution in [3.05, 3.63) is 114 Å². The number of rotatable bonds is 3. The third-order valence-corrected chi connectivity index (χ3v) is 6.85. The van der Waals surface area contributed by atoms with Crippen molar-refractivity contribution in [1.82, 2.24) is 0 Å². The molecule has 0 spiro atoms. The summed E-state index contributed by atoms with van der Waals surface area (Å²) in [4.78, 5) is 2.54. The molecule has 1 nitrogen and oxygen atoms in total. The lowest BCUT2D eigenvalue weighted by molar-refractivity contribution is 0.507. The summed E-state index contributed by atoms with van der Waals surface area (Å²) in [6, 6.07) is 15.5. The molecule has 2 aromatic carbocycles. The molecule has 0 heterocycles. The first-order valence-corrected chi connectivity index (χ1v) is 10.9. The molecule has 0 amide bonds. The minimum atomic E-state index is -0.104. The molecule has 5 rings (SSSR count). The Kier molecular flexibility index (Phi) is 4.43. The van der Waals surface area contributed by atoms with E-state index in [0.29, 0.717) is 0 Å². The molecule has 0 saturated carbocycles. The fraction of sp³-hybridized carbons (Fsp3) is 0.241. The fourth-order valence-electron chi connectivity index (χ4n) is 4.84. The number of hydrogen-bond donors (Lipinski definition) is 0. The van der Waals surface area contributed by atoms with Crippen molar-refractivity contribution in [2.45, 2.75) is 39.2 Å². The highest BCUT2D eigenvalue weighted by molar-refractivity contribution is 5.86. The molecule has 0 aliphatic heterocycles. The molecule has 0 radical (unpaired) electrons. The van der Waals surface area contributed by atoms with Crippen LogP contribution in [0.4, 0.5) is 5.69 Å². The van der Waals surface area contributed by atoms with E-state index in [4.69, 9.17) is 0 Å². The summed E-state index contributed by atoms with van der Waals surface area (Å²) < 4.78 is 0. The van der Waals surface area contributed by atoms with E-state index >= 15 is 0 Å². The van der Waals surface area contributed by atoms with Gasteiger partial charge >= 0.3 is 0 Å². The van der Waals surface area contributed by atoms with E-state index in [1.165, 1.54) is 33.3 Å². The highest BCUT2D eigenvalue weighted by Crippen LogP contribution is 2.44. The lowest BCUT2D eigenvalue weighted by Crippen LogP contribution is -2.45. The topological polar surface area (TPSA) is 3.24 Å². The van der Waals surface area contributed by atoms with Crippen LogP contribution in [0.25, 0.3) is 10.8 Å². The van der Waals surface area contributed by atoms with Crippen molar-refractivity contribution in [2.24, 2.45) is 5.41 Å². The monoisotopic (exact) mass is 391 g/mol. The summed E-state index contributed by atoms with van der Waals surface area (Å²) >= 11 is 0. The molecule has 2 unspecified atom stereocenters. The molecule has 0 fully saturated rings. The predicted octanol–water partition coefficient (Wildman–Crippen LogP) is 7.66. The van der Waals surface area contributed by atoms with E-state index in [-0.39, 0.29) is 11.0 Å². The standard InChI is InChI=1S/C29H29N/c1-22-13-18-29(3,19-14-22)30(26-12-11-23-8-4-5-9-24(23)20-26)27-15-17-28(2)16-7-6-10-25(28)21-27/h4-16,18,20-21H,17,19H2,1-3H3. The number of fused-ring (bicyclic) bond motifs is 2. The lowest BCUT2D eigenvalue weighted by Gasteiger charge is -2.45.